The van der Waals surface area contributed by atoms with Gasteiger partial charge in [0.1, 0.15) is 0 Å². The van der Waals surface area contributed by atoms with E-state index in [2.05, 4.69) is 34.3 Å². The summed E-state index contributed by atoms with van der Waals surface area (Å²) in [4.78, 5) is 0. The number of hydrogen-bond acceptors (Lipinski definition) is 3. The molecule has 0 saturated heterocycles. The first kappa shape index (κ1) is 19.2. The van der Waals surface area contributed by atoms with Crippen LogP contribution in [0.3, 0.4) is 0 Å². The SMILES string of the molecule is OCCOCCNCc1cn(Cc2ccc(Cl)c(Cl)c2)c2ccccc12. The lowest BCUT2D eigenvalue weighted by atomic mass is 10.2. The summed E-state index contributed by atoms with van der Waals surface area (Å²) in [5, 5.41) is 14.5. The molecule has 0 bridgehead atoms. The van der Waals surface area contributed by atoms with Gasteiger partial charge in [-0.1, -0.05) is 47.5 Å². The van der Waals surface area contributed by atoms with E-state index in [0.29, 0.717) is 23.3 Å². The molecule has 0 aliphatic carbocycles. The van der Waals surface area contributed by atoms with Gasteiger partial charge in [0.05, 0.1) is 29.9 Å². The minimum Gasteiger partial charge on any atom is -0.394 e. The van der Waals surface area contributed by atoms with Crippen LogP contribution in [0, 0.1) is 0 Å². The second-order valence-electron chi connectivity index (χ2n) is 6.06. The topological polar surface area (TPSA) is 46.4 Å². The van der Waals surface area contributed by atoms with Gasteiger partial charge in [0.25, 0.3) is 0 Å². The number of nitrogens with one attached hydrogen (secondary N) is 1. The van der Waals surface area contributed by atoms with Crippen LogP contribution in [0.15, 0.2) is 48.7 Å². The molecule has 1 aromatic heterocycles. The zero-order valence-corrected chi connectivity index (χ0v) is 15.9. The summed E-state index contributed by atoms with van der Waals surface area (Å²) in [6, 6.07) is 14.1. The Labute approximate surface area is 163 Å². The highest BCUT2D eigenvalue weighted by Crippen LogP contribution is 2.26. The standard InChI is InChI=1S/C20H22Cl2N2O2/c21-18-6-5-15(11-19(18)22)13-24-14-16(12-23-7-9-26-10-8-25)17-3-1-2-4-20(17)24/h1-6,11,14,23,25H,7-10,12-13H2. The molecule has 0 radical (unpaired) electrons. The summed E-state index contributed by atoms with van der Waals surface area (Å²) in [7, 11) is 0. The lowest BCUT2D eigenvalue weighted by Gasteiger charge is -2.07. The number of hydrogen-bond donors (Lipinski definition) is 2. The summed E-state index contributed by atoms with van der Waals surface area (Å²) in [5.41, 5.74) is 3.53. The maximum absolute atomic E-state index is 8.71. The molecule has 26 heavy (non-hydrogen) atoms. The number of ether oxygens (including phenoxy) is 1. The van der Waals surface area contributed by atoms with E-state index in [9.17, 15) is 0 Å². The van der Waals surface area contributed by atoms with Crippen LogP contribution in [0.25, 0.3) is 10.9 Å². The number of halogens is 2. The second kappa shape index (κ2) is 9.40. The van der Waals surface area contributed by atoms with Gasteiger partial charge in [0.2, 0.25) is 0 Å². The Bertz CT molecular complexity index is 864. The van der Waals surface area contributed by atoms with Crippen molar-refractivity contribution in [3.8, 4) is 0 Å². The molecule has 1 heterocycles. The van der Waals surface area contributed by atoms with Crippen molar-refractivity contribution < 1.29 is 9.84 Å². The molecule has 0 saturated carbocycles. The molecule has 2 N–H and O–H groups in total. The van der Waals surface area contributed by atoms with E-state index >= 15 is 0 Å². The fourth-order valence-corrected chi connectivity index (χ4v) is 3.28. The maximum Gasteiger partial charge on any atom is 0.0698 e. The van der Waals surface area contributed by atoms with Crippen LogP contribution >= 0.6 is 23.2 Å². The van der Waals surface area contributed by atoms with Crippen LogP contribution in [0.1, 0.15) is 11.1 Å². The Morgan fingerprint density at radius 1 is 1.04 bits per heavy atom. The Kier molecular flexibility index (Phi) is 6.94. The quantitative estimate of drug-likeness (QED) is 0.539. The number of aromatic nitrogens is 1. The van der Waals surface area contributed by atoms with E-state index in [1.807, 2.05) is 24.3 Å². The highest BCUT2D eigenvalue weighted by atomic mass is 35.5. The number of aliphatic hydroxyl groups excluding tert-OH is 1. The van der Waals surface area contributed by atoms with E-state index in [1.165, 1.54) is 16.5 Å². The van der Waals surface area contributed by atoms with Crippen LogP contribution in [0.4, 0.5) is 0 Å². The maximum atomic E-state index is 8.71. The van der Waals surface area contributed by atoms with Crippen LogP contribution in [0.2, 0.25) is 10.0 Å². The molecule has 3 rings (SSSR count). The van der Waals surface area contributed by atoms with Gasteiger partial charge in [0, 0.05) is 36.7 Å². The molecule has 0 fully saturated rings. The minimum atomic E-state index is 0.0577. The molecule has 0 aliphatic rings. The first-order valence-corrected chi connectivity index (χ1v) is 9.34. The number of fused-ring (bicyclic) bond motifs is 1. The summed E-state index contributed by atoms with van der Waals surface area (Å²) < 4.78 is 7.50. The molecular formula is C20H22Cl2N2O2. The molecule has 0 amide bonds. The molecule has 0 spiro atoms. The van der Waals surface area contributed by atoms with E-state index in [0.717, 1.165) is 25.2 Å². The van der Waals surface area contributed by atoms with E-state index in [4.69, 9.17) is 33.0 Å². The van der Waals surface area contributed by atoms with E-state index in [1.54, 1.807) is 0 Å². The van der Waals surface area contributed by atoms with Gasteiger partial charge in [-0.05, 0) is 29.3 Å². The van der Waals surface area contributed by atoms with Gasteiger partial charge in [-0.15, -0.1) is 0 Å². The third kappa shape index (κ3) is 4.78. The molecule has 4 nitrogen and oxygen atoms in total. The predicted molar refractivity (Wildman–Crippen MR) is 107 cm³/mol. The molecule has 0 atom stereocenters. The van der Waals surface area contributed by atoms with Gasteiger partial charge in [-0.25, -0.2) is 0 Å². The lowest BCUT2D eigenvalue weighted by Crippen LogP contribution is -2.19. The predicted octanol–water partition coefficient (Wildman–Crippen LogP) is 4.09. The highest BCUT2D eigenvalue weighted by Gasteiger charge is 2.09. The average Bonchev–Trinajstić information content (AvgIpc) is 2.99. The Balaban J connectivity index is 1.73. The highest BCUT2D eigenvalue weighted by molar-refractivity contribution is 6.42. The third-order valence-corrected chi connectivity index (χ3v) is 4.92. The van der Waals surface area contributed by atoms with Crippen molar-refractivity contribution in [3.05, 3.63) is 69.8 Å². The van der Waals surface area contributed by atoms with Crippen molar-refractivity contribution in [1.29, 1.82) is 0 Å². The van der Waals surface area contributed by atoms with Crippen LogP contribution in [0.5, 0.6) is 0 Å². The molecule has 3 aromatic rings. The van der Waals surface area contributed by atoms with Crippen molar-refractivity contribution in [2.45, 2.75) is 13.1 Å². The fraction of sp³-hybridized carbons (Fsp3) is 0.300. The zero-order valence-electron chi connectivity index (χ0n) is 14.4. The first-order valence-electron chi connectivity index (χ1n) is 8.59. The Morgan fingerprint density at radius 2 is 1.88 bits per heavy atom. The monoisotopic (exact) mass is 392 g/mol. The summed E-state index contributed by atoms with van der Waals surface area (Å²) in [5.74, 6) is 0. The minimum absolute atomic E-state index is 0.0577. The number of para-hydroxylation sites is 1. The molecule has 0 aliphatic heterocycles. The summed E-state index contributed by atoms with van der Waals surface area (Å²) >= 11 is 12.2. The van der Waals surface area contributed by atoms with Crippen molar-refractivity contribution in [3.63, 3.8) is 0 Å². The molecule has 138 valence electrons. The molecule has 6 heteroatoms. The fourth-order valence-electron chi connectivity index (χ4n) is 2.96. The number of benzene rings is 2. The average molecular weight is 393 g/mol. The Hall–Kier alpha value is -1.56. The normalized spacial score (nSPS) is 11.3. The number of nitrogens with zero attached hydrogens (tertiary/aromatic N) is 1. The first-order chi connectivity index (χ1) is 12.7. The van der Waals surface area contributed by atoms with Crippen molar-refractivity contribution in [1.82, 2.24) is 9.88 Å². The smallest absolute Gasteiger partial charge is 0.0698 e. The van der Waals surface area contributed by atoms with E-state index in [-0.39, 0.29) is 6.61 Å². The van der Waals surface area contributed by atoms with Gasteiger partial charge in [0.15, 0.2) is 0 Å². The van der Waals surface area contributed by atoms with E-state index < -0.39 is 0 Å². The molecule has 0 unspecified atom stereocenters. The van der Waals surface area contributed by atoms with Crippen molar-refractivity contribution in [2.75, 3.05) is 26.4 Å². The largest absolute Gasteiger partial charge is 0.394 e. The molecular weight excluding hydrogens is 371 g/mol. The summed E-state index contributed by atoms with van der Waals surface area (Å²) in [6.07, 6.45) is 2.18. The summed E-state index contributed by atoms with van der Waals surface area (Å²) in [6.45, 7) is 3.26. The van der Waals surface area contributed by atoms with Crippen LogP contribution in [-0.2, 0) is 17.8 Å². The van der Waals surface area contributed by atoms with Crippen molar-refractivity contribution >= 4 is 34.1 Å². The molecule has 2 aromatic carbocycles. The number of aliphatic hydroxyl groups is 1. The van der Waals surface area contributed by atoms with Crippen LogP contribution in [-0.4, -0.2) is 36.0 Å². The van der Waals surface area contributed by atoms with Gasteiger partial charge < -0.3 is 19.7 Å². The Morgan fingerprint density at radius 3 is 2.69 bits per heavy atom. The van der Waals surface area contributed by atoms with Gasteiger partial charge >= 0.3 is 0 Å². The van der Waals surface area contributed by atoms with Gasteiger partial charge in [-0.3, -0.25) is 0 Å². The lowest BCUT2D eigenvalue weighted by molar-refractivity contribution is 0.0938. The van der Waals surface area contributed by atoms with Crippen LogP contribution < -0.4 is 5.32 Å². The number of rotatable bonds is 9. The zero-order chi connectivity index (χ0) is 18.4. The van der Waals surface area contributed by atoms with Gasteiger partial charge in [-0.2, -0.15) is 0 Å². The van der Waals surface area contributed by atoms with Crippen molar-refractivity contribution in [2.24, 2.45) is 0 Å². The second-order valence-corrected chi connectivity index (χ2v) is 6.88. The third-order valence-electron chi connectivity index (χ3n) is 4.18.